The van der Waals surface area contributed by atoms with Crippen molar-refractivity contribution in [2.24, 2.45) is 0 Å². The van der Waals surface area contributed by atoms with E-state index in [1.807, 2.05) is 0 Å². The molecule has 1 aliphatic rings. The van der Waals surface area contributed by atoms with Crippen LogP contribution in [0.25, 0.3) is 0 Å². The van der Waals surface area contributed by atoms with Gasteiger partial charge in [0.15, 0.2) is 6.29 Å². The third-order valence-corrected chi connectivity index (χ3v) is 3.81. The van der Waals surface area contributed by atoms with Gasteiger partial charge in [0.05, 0.1) is 13.2 Å². The van der Waals surface area contributed by atoms with Gasteiger partial charge >= 0.3 is 0 Å². The summed E-state index contributed by atoms with van der Waals surface area (Å²) in [7, 11) is 0. The first-order valence-electron chi connectivity index (χ1n) is 8.20. The van der Waals surface area contributed by atoms with Gasteiger partial charge in [-0.25, -0.2) is 0 Å². The number of nitrogens with one attached hydrogen (secondary N) is 1. The van der Waals surface area contributed by atoms with Crippen LogP contribution in [0.1, 0.15) is 39.0 Å². The van der Waals surface area contributed by atoms with Crippen molar-refractivity contribution in [1.82, 2.24) is 5.32 Å². The highest BCUT2D eigenvalue weighted by atomic mass is 16.7. The van der Waals surface area contributed by atoms with Crippen LogP contribution in [0.5, 0.6) is 0 Å². The number of hydrogen-bond donors (Lipinski definition) is 5. The Bertz CT molecular complexity index is 340. The number of rotatable bonds is 10. The number of carbonyl (C=O) groups excluding carboxylic acids is 1. The Morgan fingerprint density at radius 3 is 2.52 bits per heavy atom. The lowest BCUT2D eigenvalue weighted by Gasteiger charge is -2.39. The molecule has 23 heavy (non-hydrogen) atoms. The minimum atomic E-state index is -1.46. The largest absolute Gasteiger partial charge is 0.394 e. The van der Waals surface area contributed by atoms with Crippen molar-refractivity contribution < 1.29 is 34.7 Å². The molecular weight excluding hydrogens is 306 g/mol. The summed E-state index contributed by atoms with van der Waals surface area (Å²) in [5.41, 5.74) is 0. The Labute approximate surface area is 136 Å². The third-order valence-electron chi connectivity index (χ3n) is 3.81. The monoisotopic (exact) mass is 335 g/mol. The van der Waals surface area contributed by atoms with Crippen LogP contribution in [0.2, 0.25) is 0 Å². The minimum absolute atomic E-state index is 0.0569. The predicted molar refractivity (Wildman–Crippen MR) is 81.5 cm³/mol. The molecule has 1 amide bonds. The van der Waals surface area contributed by atoms with E-state index < -0.39 is 37.3 Å². The van der Waals surface area contributed by atoms with Gasteiger partial charge in [0, 0.05) is 13.0 Å². The van der Waals surface area contributed by atoms with Crippen molar-refractivity contribution >= 4 is 5.91 Å². The molecule has 0 aromatic heterocycles. The Morgan fingerprint density at radius 2 is 1.87 bits per heavy atom. The molecule has 8 heteroatoms. The zero-order chi connectivity index (χ0) is 17.2. The average Bonchev–Trinajstić information content (AvgIpc) is 2.55. The number of carbonyl (C=O) groups is 1. The molecule has 1 fully saturated rings. The van der Waals surface area contributed by atoms with E-state index in [1.54, 1.807) is 0 Å². The van der Waals surface area contributed by atoms with Crippen LogP contribution in [0.3, 0.4) is 0 Å². The van der Waals surface area contributed by atoms with Gasteiger partial charge in [0.2, 0.25) is 5.91 Å². The fraction of sp³-hybridized carbons (Fsp3) is 0.933. The maximum absolute atomic E-state index is 11.6. The zero-order valence-corrected chi connectivity index (χ0v) is 13.6. The smallest absolute Gasteiger partial charge is 0.220 e. The van der Waals surface area contributed by atoms with Crippen molar-refractivity contribution in [3.05, 3.63) is 0 Å². The molecule has 1 saturated heterocycles. The maximum atomic E-state index is 11.6. The Kier molecular flexibility index (Phi) is 9.61. The van der Waals surface area contributed by atoms with Gasteiger partial charge in [-0.15, -0.1) is 0 Å². The highest BCUT2D eigenvalue weighted by molar-refractivity contribution is 5.75. The van der Waals surface area contributed by atoms with Gasteiger partial charge in [-0.3, -0.25) is 4.79 Å². The van der Waals surface area contributed by atoms with Crippen molar-refractivity contribution in [2.75, 3.05) is 19.8 Å². The second kappa shape index (κ2) is 10.9. The normalized spacial score (nSPS) is 31.1. The Morgan fingerprint density at radius 1 is 1.13 bits per heavy atom. The first-order valence-corrected chi connectivity index (χ1v) is 8.20. The van der Waals surface area contributed by atoms with Crippen molar-refractivity contribution in [3.8, 4) is 0 Å². The van der Waals surface area contributed by atoms with Crippen molar-refractivity contribution in [2.45, 2.75) is 69.7 Å². The number of hydrogen-bond acceptors (Lipinski definition) is 7. The molecule has 0 aliphatic carbocycles. The van der Waals surface area contributed by atoms with Crippen LogP contribution in [0.4, 0.5) is 0 Å². The Balaban J connectivity index is 2.20. The molecule has 5 atom stereocenters. The van der Waals surface area contributed by atoms with Gasteiger partial charge in [-0.2, -0.15) is 0 Å². The molecule has 136 valence electrons. The molecule has 1 aliphatic heterocycles. The summed E-state index contributed by atoms with van der Waals surface area (Å²) in [4.78, 5) is 11.6. The summed E-state index contributed by atoms with van der Waals surface area (Å²) in [5.74, 6) is -0.0569. The third kappa shape index (κ3) is 6.70. The summed E-state index contributed by atoms with van der Waals surface area (Å²) in [6.07, 6.45) is -1.84. The molecule has 0 unspecified atom stereocenters. The van der Waals surface area contributed by atoms with Crippen LogP contribution < -0.4 is 5.32 Å². The van der Waals surface area contributed by atoms with Crippen LogP contribution in [-0.4, -0.2) is 76.8 Å². The predicted octanol–water partition coefficient (Wildman–Crippen LogP) is -1.11. The quantitative estimate of drug-likeness (QED) is 0.320. The van der Waals surface area contributed by atoms with E-state index in [0.717, 1.165) is 25.7 Å². The van der Waals surface area contributed by atoms with E-state index in [0.29, 0.717) is 6.42 Å². The molecular formula is C15H29NO7. The van der Waals surface area contributed by atoms with Crippen LogP contribution in [0.15, 0.2) is 0 Å². The number of aliphatic hydroxyl groups is 4. The molecule has 0 spiro atoms. The van der Waals surface area contributed by atoms with Crippen molar-refractivity contribution in [3.63, 3.8) is 0 Å². The minimum Gasteiger partial charge on any atom is -0.394 e. The van der Waals surface area contributed by atoms with Crippen LogP contribution >= 0.6 is 0 Å². The molecule has 1 heterocycles. The SMILES string of the molecule is CCCCCCC(=O)NCCO[C@H]1O[C@H](CO)[C@@H](O)[C@H](O)[C@@H]1O. The van der Waals surface area contributed by atoms with Gasteiger partial charge < -0.3 is 35.2 Å². The molecule has 8 nitrogen and oxygen atoms in total. The topological polar surface area (TPSA) is 128 Å². The molecule has 1 rings (SSSR count). The van der Waals surface area contributed by atoms with E-state index in [1.165, 1.54) is 0 Å². The van der Waals surface area contributed by atoms with Gasteiger partial charge in [0.25, 0.3) is 0 Å². The second-order valence-electron chi connectivity index (χ2n) is 5.73. The highest BCUT2D eigenvalue weighted by Crippen LogP contribution is 2.21. The van der Waals surface area contributed by atoms with Crippen LogP contribution in [-0.2, 0) is 14.3 Å². The fourth-order valence-corrected chi connectivity index (χ4v) is 2.37. The standard InChI is InChI=1S/C15H29NO7/c1-2-3-4-5-6-11(18)16-7-8-22-15-14(21)13(20)12(19)10(9-17)23-15/h10,12-15,17,19-21H,2-9H2,1H3,(H,16,18)/t10-,12-,13+,14+,15+/m1/s1. The van der Waals surface area contributed by atoms with E-state index in [9.17, 15) is 20.1 Å². The number of unbranched alkanes of at least 4 members (excludes halogenated alkanes) is 3. The average molecular weight is 335 g/mol. The zero-order valence-electron chi connectivity index (χ0n) is 13.6. The molecule has 0 bridgehead atoms. The number of amides is 1. The first-order chi connectivity index (χ1) is 11.0. The molecule has 0 aromatic rings. The summed E-state index contributed by atoms with van der Waals surface area (Å²) in [6.45, 7) is 1.95. The summed E-state index contributed by atoms with van der Waals surface area (Å²) in [6, 6.07) is 0. The Hall–Kier alpha value is -0.770. The van der Waals surface area contributed by atoms with Gasteiger partial charge in [0.1, 0.15) is 24.4 Å². The van der Waals surface area contributed by atoms with E-state index in [2.05, 4.69) is 12.2 Å². The van der Waals surface area contributed by atoms with E-state index >= 15 is 0 Å². The van der Waals surface area contributed by atoms with E-state index in [4.69, 9.17) is 14.6 Å². The summed E-state index contributed by atoms with van der Waals surface area (Å²) >= 11 is 0. The fourth-order valence-electron chi connectivity index (χ4n) is 2.37. The number of aliphatic hydroxyl groups excluding tert-OH is 4. The summed E-state index contributed by atoms with van der Waals surface area (Å²) in [5, 5.41) is 40.8. The van der Waals surface area contributed by atoms with Gasteiger partial charge in [-0.05, 0) is 6.42 Å². The molecule has 0 saturated carbocycles. The number of ether oxygens (including phenoxy) is 2. The molecule has 0 aromatic carbocycles. The molecule has 5 N–H and O–H groups in total. The lowest BCUT2D eigenvalue weighted by molar-refractivity contribution is -0.300. The first kappa shape index (κ1) is 20.3. The lowest BCUT2D eigenvalue weighted by atomic mass is 9.99. The second-order valence-corrected chi connectivity index (χ2v) is 5.73. The van der Waals surface area contributed by atoms with Gasteiger partial charge in [-0.1, -0.05) is 26.2 Å². The van der Waals surface area contributed by atoms with Crippen LogP contribution in [0, 0.1) is 0 Å². The maximum Gasteiger partial charge on any atom is 0.220 e. The van der Waals surface area contributed by atoms with Crippen molar-refractivity contribution in [1.29, 1.82) is 0 Å². The van der Waals surface area contributed by atoms with E-state index in [-0.39, 0.29) is 19.1 Å². The lowest BCUT2D eigenvalue weighted by Crippen LogP contribution is -2.59. The molecule has 0 radical (unpaired) electrons. The highest BCUT2D eigenvalue weighted by Gasteiger charge is 2.43. The summed E-state index contributed by atoms with van der Waals surface area (Å²) < 4.78 is 10.5.